The van der Waals surface area contributed by atoms with Gasteiger partial charge >= 0.3 is 0 Å². The summed E-state index contributed by atoms with van der Waals surface area (Å²) in [6.45, 7) is 8.08. The van der Waals surface area contributed by atoms with E-state index in [2.05, 4.69) is 28.2 Å². The van der Waals surface area contributed by atoms with Crippen LogP contribution in [0.4, 0.5) is 0 Å². The zero-order chi connectivity index (χ0) is 12.3. The van der Waals surface area contributed by atoms with Gasteiger partial charge in [0.05, 0.1) is 5.56 Å². The minimum atomic E-state index is -0.166. The van der Waals surface area contributed by atoms with Crippen molar-refractivity contribution in [1.82, 2.24) is 5.32 Å². The molecular formula is C13H18BrNO. The summed E-state index contributed by atoms with van der Waals surface area (Å²) in [4.78, 5) is 12.1. The fourth-order valence-corrected chi connectivity index (χ4v) is 1.73. The van der Waals surface area contributed by atoms with E-state index in [4.69, 9.17) is 0 Å². The molecule has 88 valence electrons. The Hall–Kier alpha value is -0.830. The van der Waals surface area contributed by atoms with E-state index < -0.39 is 0 Å². The average Bonchev–Trinajstić information content (AvgIpc) is 2.21. The van der Waals surface area contributed by atoms with Crippen molar-refractivity contribution in [1.29, 1.82) is 0 Å². The topological polar surface area (TPSA) is 29.1 Å². The molecule has 0 fully saturated rings. The Morgan fingerprint density at radius 1 is 1.44 bits per heavy atom. The molecule has 1 aromatic carbocycles. The number of carbonyl (C=O) groups is 1. The summed E-state index contributed by atoms with van der Waals surface area (Å²) >= 11 is 3.45. The Balaban J connectivity index is 2.94. The molecule has 0 heterocycles. The molecule has 2 nitrogen and oxygen atoms in total. The third-order valence-electron chi connectivity index (χ3n) is 2.77. The number of halogens is 1. The highest BCUT2D eigenvalue weighted by Gasteiger charge is 2.20. The number of hydrogen-bond donors (Lipinski definition) is 1. The van der Waals surface area contributed by atoms with Crippen molar-refractivity contribution in [2.75, 3.05) is 0 Å². The molecule has 0 spiro atoms. The van der Waals surface area contributed by atoms with Crippen molar-refractivity contribution in [3.8, 4) is 0 Å². The largest absolute Gasteiger partial charge is 0.347 e. The summed E-state index contributed by atoms with van der Waals surface area (Å²) < 4.78 is 0.874. The molecule has 1 aromatic rings. The minimum absolute atomic E-state index is 0.0255. The molecule has 3 heteroatoms. The minimum Gasteiger partial charge on any atom is -0.347 e. The first-order valence-electron chi connectivity index (χ1n) is 5.45. The highest BCUT2D eigenvalue weighted by molar-refractivity contribution is 9.10. The van der Waals surface area contributed by atoms with Crippen LogP contribution in [0.3, 0.4) is 0 Å². The number of nitrogens with one attached hydrogen (secondary N) is 1. The van der Waals surface area contributed by atoms with Crippen LogP contribution in [0, 0.1) is 6.92 Å². The van der Waals surface area contributed by atoms with Gasteiger partial charge in [0.25, 0.3) is 5.91 Å². The number of benzene rings is 1. The van der Waals surface area contributed by atoms with E-state index in [0.717, 1.165) is 16.5 Å². The zero-order valence-electron chi connectivity index (χ0n) is 10.2. The van der Waals surface area contributed by atoms with Crippen molar-refractivity contribution in [2.24, 2.45) is 0 Å². The van der Waals surface area contributed by atoms with Gasteiger partial charge in [-0.25, -0.2) is 0 Å². The number of hydrogen-bond acceptors (Lipinski definition) is 1. The van der Waals surface area contributed by atoms with Gasteiger partial charge < -0.3 is 5.32 Å². The Labute approximate surface area is 106 Å². The molecule has 0 aromatic heterocycles. The molecule has 1 rings (SSSR count). The first-order chi connectivity index (χ1) is 7.37. The van der Waals surface area contributed by atoms with E-state index in [-0.39, 0.29) is 11.4 Å². The SMILES string of the molecule is CCC(C)(C)NC(=O)c1cccc(C)c1Br. The highest BCUT2D eigenvalue weighted by atomic mass is 79.9. The molecule has 16 heavy (non-hydrogen) atoms. The predicted molar refractivity (Wildman–Crippen MR) is 70.7 cm³/mol. The van der Waals surface area contributed by atoms with Crippen LogP contribution in [0.5, 0.6) is 0 Å². The Morgan fingerprint density at radius 2 is 2.06 bits per heavy atom. The predicted octanol–water partition coefficient (Wildman–Crippen LogP) is 3.68. The molecule has 0 aliphatic carbocycles. The maximum atomic E-state index is 12.1. The van der Waals surface area contributed by atoms with E-state index in [0.29, 0.717) is 5.56 Å². The zero-order valence-corrected chi connectivity index (χ0v) is 11.8. The lowest BCUT2D eigenvalue weighted by Gasteiger charge is -2.24. The third-order valence-corrected chi connectivity index (χ3v) is 3.82. The maximum absolute atomic E-state index is 12.1. The van der Waals surface area contributed by atoms with Gasteiger partial charge in [-0.05, 0) is 54.8 Å². The molecule has 0 aliphatic heterocycles. The van der Waals surface area contributed by atoms with Gasteiger partial charge in [0.2, 0.25) is 0 Å². The van der Waals surface area contributed by atoms with Crippen LogP contribution < -0.4 is 5.32 Å². The van der Waals surface area contributed by atoms with Crippen LogP contribution in [0.15, 0.2) is 22.7 Å². The van der Waals surface area contributed by atoms with Crippen molar-refractivity contribution >= 4 is 21.8 Å². The van der Waals surface area contributed by atoms with E-state index >= 15 is 0 Å². The fourth-order valence-electron chi connectivity index (χ4n) is 1.29. The molecule has 0 bridgehead atoms. The van der Waals surface area contributed by atoms with Crippen LogP contribution >= 0.6 is 15.9 Å². The molecule has 0 atom stereocenters. The smallest absolute Gasteiger partial charge is 0.252 e. The van der Waals surface area contributed by atoms with E-state index in [1.165, 1.54) is 0 Å². The Morgan fingerprint density at radius 3 is 2.62 bits per heavy atom. The van der Waals surface area contributed by atoms with Crippen LogP contribution in [-0.4, -0.2) is 11.4 Å². The van der Waals surface area contributed by atoms with Crippen molar-refractivity contribution in [2.45, 2.75) is 39.7 Å². The summed E-state index contributed by atoms with van der Waals surface area (Å²) in [6, 6.07) is 5.71. The second-order valence-electron chi connectivity index (χ2n) is 4.63. The second-order valence-corrected chi connectivity index (χ2v) is 5.42. The summed E-state index contributed by atoms with van der Waals surface area (Å²) in [5.41, 5.74) is 1.60. The first-order valence-corrected chi connectivity index (χ1v) is 6.24. The van der Waals surface area contributed by atoms with Crippen LogP contribution in [-0.2, 0) is 0 Å². The third kappa shape index (κ3) is 3.08. The molecule has 0 saturated carbocycles. The standard InChI is InChI=1S/C13H18BrNO/c1-5-13(3,4)15-12(16)10-8-6-7-9(2)11(10)14/h6-8H,5H2,1-4H3,(H,15,16). The molecule has 0 unspecified atom stereocenters. The molecule has 1 N–H and O–H groups in total. The summed E-state index contributed by atoms with van der Waals surface area (Å²) in [5.74, 6) is -0.0255. The van der Waals surface area contributed by atoms with Gasteiger partial charge in [-0.15, -0.1) is 0 Å². The van der Waals surface area contributed by atoms with Gasteiger partial charge in [0.1, 0.15) is 0 Å². The summed E-state index contributed by atoms with van der Waals surface area (Å²) in [5, 5.41) is 3.02. The lowest BCUT2D eigenvalue weighted by atomic mass is 10.0. The lowest BCUT2D eigenvalue weighted by Crippen LogP contribution is -2.42. The first kappa shape index (κ1) is 13.2. The highest BCUT2D eigenvalue weighted by Crippen LogP contribution is 2.21. The number of rotatable bonds is 3. The second kappa shape index (κ2) is 5.00. The summed E-state index contributed by atoms with van der Waals surface area (Å²) in [6.07, 6.45) is 0.905. The van der Waals surface area contributed by atoms with Crippen LogP contribution in [0.2, 0.25) is 0 Å². The van der Waals surface area contributed by atoms with Crippen molar-refractivity contribution in [3.05, 3.63) is 33.8 Å². The molecule has 0 saturated heterocycles. The monoisotopic (exact) mass is 283 g/mol. The van der Waals surface area contributed by atoms with E-state index in [9.17, 15) is 4.79 Å². The Kier molecular flexibility index (Phi) is 4.14. The molecule has 1 amide bonds. The van der Waals surface area contributed by atoms with Crippen LogP contribution in [0.1, 0.15) is 43.1 Å². The number of amides is 1. The van der Waals surface area contributed by atoms with Gasteiger partial charge in [-0.3, -0.25) is 4.79 Å². The Bertz CT molecular complexity index is 399. The van der Waals surface area contributed by atoms with Gasteiger partial charge in [-0.1, -0.05) is 19.1 Å². The van der Waals surface area contributed by atoms with Crippen molar-refractivity contribution < 1.29 is 4.79 Å². The maximum Gasteiger partial charge on any atom is 0.252 e. The van der Waals surface area contributed by atoms with Crippen molar-refractivity contribution in [3.63, 3.8) is 0 Å². The van der Waals surface area contributed by atoms with Gasteiger partial charge in [0.15, 0.2) is 0 Å². The quantitative estimate of drug-likeness (QED) is 0.901. The summed E-state index contributed by atoms with van der Waals surface area (Å²) in [7, 11) is 0. The molecule has 0 radical (unpaired) electrons. The fraction of sp³-hybridized carbons (Fsp3) is 0.462. The van der Waals surface area contributed by atoms with Crippen LogP contribution in [0.25, 0.3) is 0 Å². The normalized spacial score (nSPS) is 11.3. The van der Waals surface area contributed by atoms with E-state index in [1.807, 2.05) is 39.0 Å². The van der Waals surface area contributed by atoms with Gasteiger partial charge in [-0.2, -0.15) is 0 Å². The van der Waals surface area contributed by atoms with Gasteiger partial charge in [0, 0.05) is 10.0 Å². The molecular weight excluding hydrogens is 266 g/mol. The number of aryl methyl sites for hydroxylation is 1. The lowest BCUT2D eigenvalue weighted by molar-refractivity contribution is 0.0910. The average molecular weight is 284 g/mol. The molecule has 0 aliphatic rings. The number of carbonyl (C=O) groups excluding carboxylic acids is 1. The van der Waals surface area contributed by atoms with E-state index in [1.54, 1.807) is 0 Å².